The largest absolute Gasteiger partial charge is 0.393 e. The van der Waals surface area contributed by atoms with E-state index in [0.717, 1.165) is 14.2 Å². The van der Waals surface area contributed by atoms with Gasteiger partial charge in [-0.25, -0.2) is 13.6 Å². The van der Waals surface area contributed by atoms with Crippen LogP contribution in [0.1, 0.15) is 20.8 Å². The van der Waals surface area contributed by atoms with Crippen LogP contribution in [0.5, 0.6) is 0 Å². The van der Waals surface area contributed by atoms with E-state index in [1.165, 1.54) is 0 Å². The Balaban J connectivity index is 4.21. The number of carbonyl (C=O) groups excluding carboxylic acids is 1. The maximum Gasteiger partial charge on any atom is 0.393 e. The predicted molar refractivity (Wildman–Crippen MR) is 94.8 cm³/mol. The van der Waals surface area contributed by atoms with E-state index >= 15 is 4.39 Å². The first kappa shape index (κ1) is 30.5. The molecule has 34 heavy (non-hydrogen) atoms. The Labute approximate surface area is 188 Å². The molecule has 1 aliphatic heterocycles. The number of carbonyl (C=O) groups is 1. The molecule has 0 radical (unpaired) electrons. The zero-order valence-corrected chi connectivity index (χ0v) is 18.7. The number of ether oxygens (including phenoxy) is 2. The molecule has 0 aromatic heterocycles. The number of hydrogen-bond donors (Lipinski definition) is 0. The Morgan fingerprint density at radius 1 is 0.794 bits per heavy atom. The van der Waals surface area contributed by atoms with E-state index in [4.69, 9.17) is 0 Å². The molecule has 0 N–H and O–H groups in total. The minimum absolute atomic E-state index is 0.102. The van der Waals surface area contributed by atoms with E-state index in [0.29, 0.717) is 0 Å². The van der Waals surface area contributed by atoms with Crippen LogP contribution in [0, 0.1) is 17.8 Å². The fourth-order valence-electron chi connectivity index (χ4n) is 4.51. The Morgan fingerprint density at radius 2 is 1.18 bits per heavy atom. The van der Waals surface area contributed by atoms with Crippen molar-refractivity contribution in [1.29, 1.82) is 0 Å². The van der Waals surface area contributed by atoms with E-state index in [2.05, 4.69) is 9.47 Å². The lowest BCUT2D eigenvalue weighted by Crippen LogP contribution is -2.70. The third-order valence-corrected chi connectivity index (χ3v) is 6.17. The van der Waals surface area contributed by atoms with Gasteiger partial charge in [-0.1, -0.05) is 20.8 Å². The molecule has 1 fully saturated rings. The lowest BCUT2D eigenvalue weighted by atomic mass is 9.65. The number of alkyl halides is 11. The Morgan fingerprint density at radius 3 is 1.50 bits per heavy atom. The number of halogens is 11. The lowest BCUT2D eigenvalue weighted by molar-refractivity contribution is -0.278. The summed E-state index contributed by atoms with van der Waals surface area (Å²) in [5.74, 6) is -9.91. The third-order valence-electron chi connectivity index (χ3n) is 6.17. The first-order chi connectivity index (χ1) is 15.2. The molecule has 0 aliphatic carbocycles. The van der Waals surface area contributed by atoms with Crippen LogP contribution in [0.3, 0.4) is 0 Å². The monoisotopic (exact) mass is 526 g/mol. The maximum absolute atomic E-state index is 15.1. The van der Waals surface area contributed by atoms with Gasteiger partial charge in [-0.05, 0) is 0 Å². The van der Waals surface area contributed by atoms with Crippen LogP contribution in [0.2, 0.25) is 0 Å². The maximum atomic E-state index is 15.1. The number of nitrogens with zero attached hydrogens (tertiary/aromatic N) is 2. The van der Waals surface area contributed by atoms with Gasteiger partial charge in [0.05, 0.1) is 42.5 Å². The van der Waals surface area contributed by atoms with Crippen molar-refractivity contribution in [2.24, 2.45) is 17.8 Å². The summed E-state index contributed by atoms with van der Waals surface area (Å²) in [7, 11) is 1.63. The van der Waals surface area contributed by atoms with Gasteiger partial charge in [0, 0.05) is 14.2 Å². The highest BCUT2D eigenvalue weighted by atomic mass is 19.4. The van der Waals surface area contributed by atoms with Gasteiger partial charge in [0.15, 0.2) is 12.6 Å². The zero-order chi connectivity index (χ0) is 27.0. The van der Waals surface area contributed by atoms with Crippen molar-refractivity contribution >= 4 is 6.03 Å². The molecule has 16 heteroatoms. The minimum atomic E-state index is -5.66. The van der Waals surface area contributed by atoms with Gasteiger partial charge in [0.2, 0.25) is 0 Å². The van der Waals surface area contributed by atoms with Gasteiger partial charge >= 0.3 is 24.6 Å². The van der Waals surface area contributed by atoms with Crippen molar-refractivity contribution in [3.63, 3.8) is 0 Å². The lowest BCUT2D eigenvalue weighted by Gasteiger charge is -2.52. The molecule has 0 bridgehead atoms. The molecule has 202 valence electrons. The number of amides is 2. The van der Waals surface area contributed by atoms with E-state index in [9.17, 15) is 48.7 Å². The van der Waals surface area contributed by atoms with Crippen molar-refractivity contribution in [2.45, 2.75) is 63.5 Å². The molecule has 6 unspecified atom stereocenters. The standard InChI is InChI=1S/C18H25F11N2O3/c1-8(16(21,22)23)13-15(9(2)17(24,25)26,10(3)18(27,28)29)31(12(20)7-34-5)14(32)30(13)11(19)6-33-4/h8-13H,6-7H2,1-5H3. The Kier molecular flexibility index (Phi) is 9.13. The average Bonchev–Trinajstić information content (AvgIpc) is 2.93. The van der Waals surface area contributed by atoms with E-state index in [1.54, 1.807) is 0 Å². The predicted octanol–water partition coefficient (Wildman–Crippen LogP) is 5.31. The summed E-state index contributed by atoms with van der Waals surface area (Å²) in [6, 6.07) is -5.27. The first-order valence-corrected chi connectivity index (χ1v) is 9.79. The third kappa shape index (κ3) is 5.31. The quantitative estimate of drug-likeness (QED) is 0.302. The summed E-state index contributed by atoms with van der Waals surface area (Å²) in [5, 5.41) is 0. The minimum Gasteiger partial charge on any atom is -0.380 e. The SMILES string of the molecule is COCC(F)N1C(=O)N(C(F)COC)C(C(C)C(F)(F)F)(C(C)C(F)(F)F)C1C(C)C(F)(F)F. The second-order valence-corrected chi connectivity index (χ2v) is 8.03. The molecule has 1 heterocycles. The molecule has 0 saturated carbocycles. The Bertz CT molecular complexity index is 678. The summed E-state index contributed by atoms with van der Waals surface area (Å²) < 4.78 is 164. The summed E-state index contributed by atoms with van der Waals surface area (Å²) in [5.41, 5.74) is -3.97. The van der Waals surface area contributed by atoms with Gasteiger partial charge in [0.25, 0.3) is 0 Å². The normalized spacial score (nSPS) is 27.1. The molecule has 0 aromatic carbocycles. The number of methoxy groups -OCH3 is 2. The van der Waals surface area contributed by atoms with Crippen molar-refractivity contribution in [2.75, 3.05) is 27.4 Å². The Hall–Kier alpha value is -1.58. The van der Waals surface area contributed by atoms with E-state index < -0.39 is 89.5 Å². The van der Waals surface area contributed by atoms with Crippen molar-refractivity contribution in [3.8, 4) is 0 Å². The summed E-state index contributed by atoms with van der Waals surface area (Å²) in [6.07, 6.45) is -22.8. The average molecular weight is 526 g/mol. The zero-order valence-electron chi connectivity index (χ0n) is 18.7. The molecule has 0 aromatic rings. The van der Waals surface area contributed by atoms with E-state index in [1.807, 2.05) is 0 Å². The second kappa shape index (κ2) is 10.2. The number of hydrogen-bond acceptors (Lipinski definition) is 3. The molecule has 6 atom stereocenters. The van der Waals surface area contributed by atoms with Crippen LogP contribution in [0.15, 0.2) is 0 Å². The molecular weight excluding hydrogens is 501 g/mol. The first-order valence-electron chi connectivity index (χ1n) is 9.79. The van der Waals surface area contributed by atoms with Gasteiger partial charge in [-0.3, -0.25) is 9.80 Å². The molecule has 1 saturated heterocycles. The summed E-state index contributed by atoms with van der Waals surface area (Å²) in [6.45, 7) is -2.07. The van der Waals surface area contributed by atoms with Crippen LogP contribution in [0.25, 0.3) is 0 Å². The van der Waals surface area contributed by atoms with Crippen molar-refractivity contribution in [1.82, 2.24) is 9.80 Å². The highest BCUT2D eigenvalue weighted by Crippen LogP contribution is 2.58. The molecule has 1 aliphatic rings. The smallest absolute Gasteiger partial charge is 0.380 e. The van der Waals surface area contributed by atoms with Crippen LogP contribution in [-0.4, -0.2) is 86.0 Å². The van der Waals surface area contributed by atoms with Crippen LogP contribution < -0.4 is 0 Å². The fraction of sp³-hybridized carbons (Fsp3) is 0.944. The van der Waals surface area contributed by atoms with Crippen LogP contribution in [0.4, 0.5) is 53.1 Å². The fourth-order valence-corrected chi connectivity index (χ4v) is 4.51. The highest BCUT2D eigenvalue weighted by Gasteiger charge is 2.76. The summed E-state index contributed by atoms with van der Waals surface area (Å²) >= 11 is 0. The van der Waals surface area contributed by atoms with Gasteiger partial charge in [0.1, 0.15) is 0 Å². The van der Waals surface area contributed by atoms with Crippen molar-refractivity contribution < 1.29 is 62.6 Å². The highest BCUT2D eigenvalue weighted by molar-refractivity contribution is 5.80. The van der Waals surface area contributed by atoms with Crippen molar-refractivity contribution in [3.05, 3.63) is 0 Å². The van der Waals surface area contributed by atoms with Gasteiger partial charge in [-0.2, -0.15) is 39.5 Å². The number of urea groups is 1. The second-order valence-electron chi connectivity index (χ2n) is 8.03. The van der Waals surface area contributed by atoms with E-state index in [-0.39, 0.29) is 20.8 Å². The molecule has 1 rings (SSSR count). The van der Waals surface area contributed by atoms with Crippen LogP contribution in [-0.2, 0) is 9.47 Å². The molecular formula is C18H25F11N2O3. The summed E-state index contributed by atoms with van der Waals surface area (Å²) in [4.78, 5) is 12.0. The topological polar surface area (TPSA) is 42.0 Å². The number of rotatable bonds is 9. The van der Waals surface area contributed by atoms with Gasteiger partial charge < -0.3 is 9.47 Å². The molecule has 2 amide bonds. The molecule has 0 spiro atoms. The van der Waals surface area contributed by atoms with Crippen LogP contribution >= 0.6 is 0 Å². The molecule has 5 nitrogen and oxygen atoms in total. The van der Waals surface area contributed by atoms with Gasteiger partial charge in [-0.15, -0.1) is 0 Å².